The van der Waals surface area contributed by atoms with Gasteiger partial charge in [-0.3, -0.25) is 9.97 Å². The van der Waals surface area contributed by atoms with Crippen LogP contribution in [0, 0.1) is 5.82 Å². The van der Waals surface area contributed by atoms with Gasteiger partial charge in [0.25, 0.3) is 0 Å². The first-order valence-corrected chi connectivity index (χ1v) is 8.40. The maximum atomic E-state index is 15.3. The Labute approximate surface area is 150 Å². The fourth-order valence-corrected chi connectivity index (χ4v) is 2.93. The third-order valence-corrected chi connectivity index (χ3v) is 4.52. The van der Waals surface area contributed by atoms with Gasteiger partial charge in [-0.25, -0.2) is 9.37 Å². The van der Waals surface area contributed by atoms with E-state index in [-0.39, 0.29) is 17.7 Å². The summed E-state index contributed by atoms with van der Waals surface area (Å²) in [7, 11) is 1.50. The molecule has 1 aromatic carbocycles. The Morgan fingerprint density at radius 2 is 1.96 bits per heavy atom. The molecule has 6 nitrogen and oxygen atoms in total. The Kier molecular flexibility index (Phi) is 4.43. The Balaban J connectivity index is 1.78. The monoisotopic (exact) mass is 352 g/mol. The predicted octanol–water partition coefficient (Wildman–Crippen LogP) is 4.14. The minimum atomic E-state index is -0.485. The summed E-state index contributed by atoms with van der Waals surface area (Å²) < 4.78 is 26.2. The molecule has 1 saturated carbocycles. The Hall–Kier alpha value is -3.09. The first kappa shape index (κ1) is 16.4. The van der Waals surface area contributed by atoms with Crippen LogP contribution < -0.4 is 9.47 Å². The molecule has 0 amide bonds. The molecular weight excluding hydrogens is 335 g/mol. The number of methoxy groups -OCH3 is 1. The summed E-state index contributed by atoms with van der Waals surface area (Å²) in [5.41, 5.74) is 1.61. The molecule has 7 heteroatoms. The number of ether oxygens (including phenoxy) is 2. The van der Waals surface area contributed by atoms with Crippen LogP contribution in [0.1, 0.15) is 30.7 Å². The summed E-state index contributed by atoms with van der Waals surface area (Å²) in [6.45, 7) is 0. The number of hydrogen-bond donors (Lipinski definition) is 0. The zero-order valence-electron chi connectivity index (χ0n) is 14.2. The lowest BCUT2D eigenvalue weighted by Gasteiger charge is -2.28. The number of nitrogens with zero attached hydrogens (tertiary/aromatic N) is 4. The van der Waals surface area contributed by atoms with E-state index < -0.39 is 5.82 Å². The van der Waals surface area contributed by atoms with Crippen molar-refractivity contribution in [1.29, 1.82) is 0 Å². The molecule has 0 aliphatic heterocycles. The fourth-order valence-electron chi connectivity index (χ4n) is 2.93. The SMILES string of the molecule is COc1ccnc(Oc2c(C3CCC3)ccc(-c3cnccn3)c2F)n1. The maximum absolute atomic E-state index is 15.3. The number of hydrogen-bond acceptors (Lipinski definition) is 6. The predicted molar refractivity (Wildman–Crippen MR) is 92.7 cm³/mol. The summed E-state index contributed by atoms with van der Waals surface area (Å²) in [5, 5.41) is 0. The highest BCUT2D eigenvalue weighted by atomic mass is 19.1. The smallest absolute Gasteiger partial charge is 0.325 e. The Morgan fingerprint density at radius 3 is 2.65 bits per heavy atom. The van der Waals surface area contributed by atoms with Crippen molar-refractivity contribution in [3.8, 4) is 28.9 Å². The van der Waals surface area contributed by atoms with E-state index in [9.17, 15) is 0 Å². The third kappa shape index (κ3) is 3.08. The molecule has 0 N–H and O–H groups in total. The molecule has 4 rings (SSSR count). The van der Waals surface area contributed by atoms with Crippen molar-refractivity contribution in [2.24, 2.45) is 0 Å². The summed E-state index contributed by atoms with van der Waals surface area (Å²) >= 11 is 0. The van der Waals surface area contributed by atoms with E-state index in [1.807, 2.05) is 6.07 Å². The van der Waals surface area contributed by atoms with Crippen molar-refractivity contribution in [3.05, 3.63) is 54.4 Å². The highest BCUT2D eigenvalue weighted by Crippen LogP contribution is 2.44. The summed E-state index contributed by atoms with van der Waals surface area (Å²) in [4.78, 5) is 16.4. The summed E-state index contributed by atoms with van der Waals surface area (Å²) in [6, 6.07) is 5.27. The molecule has 0 unspecified atom stereocenters. The molecule has 1 aliphatic carbocycles. The minimum absolute atomic E-state index is 0.0418. The van der Waals surface area contributed by atoms with Gasteiger partial charge >= 0.3 is 6.01 Å². The highest BCUT2D eigenvalue weighted by molar-refractivity contribution is 5.63. The van der Waals surface area contributed by atoms with Gasteiger partial charge in [0.2, 0.25) is 5.88 Å². The van der Waals surface area contributed by atoms with E-state index >= 15 is 4.39 Å². The Morgan fingerprint density at radius 1 is 1.08 bits per heavy atom. The first-order valence-electron chi connectivity index (χ1n) is 8.40. The van der Waals surface area contributed by atoms with Gasteiger partial charge in [-0.05, 0) is 24.8 Å². The second kappa shape index (κ2) is 7.03. The van der Waals surface area contributed by atoms with Crippen LogP contribution in [0.3, 0.4) is 0 Å². The maximum Gasteiger partial charge on any atom is 0.325 e. The number of benzene rings is 1. The van der Waals surface area contributed by atoms with E-state index in [0.717, 1.165) is 24.8 Å². The largest absolute Gasteiger partial charge is 0.481 e. The molecule has 3 aromatic rings. The van der Waals surface area contributed by atoms with Crippen LogP contribution in [-0.4, -0.2) is 27.0 Å². The summed E-state index contributed by atoms with van der Waals surface area (Å²) in [5.74, 6) is 0.291. The fraction of sp³-hybridized carbons (Fsp3) is 0.263. The van der Waals surface area contributed by atoms with Crippen molar-refractivity contribution in [3.63, 3.8) is 0 Å². The minimum Gasteiger partial charge on any atom is -0.481 e. The van der Waals surface area contributed by atoms with Gasteiger partial charge in [0.1, 0.15) is 0 Å². The van der Waals surface area contributed by atoms with E-state index in [0.29, 0.717) is 17.1 Å². The van der Waals surface area contributed by atoms with Crippen LogP contribution in [-0.2, 0) is 0 Å². The van der Waals surface area contributed by atoms with Crippen molar-refractivity contribution in [1.82, 2.24) is 19.9 Å². The molecule has 0 radical (unpaired) electrons. The van der Waals surface area contributed by atoms with Gasteiger partial charge in [-0.2, -0.15) is 4.98 Å². The van der Waals surface area contributed by atoms with E-state index in [1.165, 1.54) is 25.7 Å². The van der Waals surface area contributed by atoms with E-state index in [1.54, 1.807) is 18.3 Å². The molecule has 132 valence electrons. The van der Waals surface area contributed by atoms with Gasteiger partial charge in [0.15, 0.2) is 11.6 Å². The molecule has 2 heterocycles. The average molecular weight is 352 g/mol. The van der Waals surface area contributed by atoms with Crippen LogP contribution in [0.5, 0.6) is 17.6 Å². The number of rotatable bonds is 5. The topological polar surface area (TPSA) is 70.0 Å². The first-order chi connectivity index (χ1) is 12.8. The molecule has 26 heavy (non-hydrogen) atoms. The molecule has 1 fully saturated rings. The van der Waals surface area contributed by atoms with Crippen LogP contribution in [0.2, 0.25) is 0 Å². The highest BCUT2D eigenvalue weighted by Gasteiger charge is 2.27. The van der Waals surface area contributed by atoms with Crippen LogP contribution >= 0.6 is 0 Å². The van der Waals surface area contributed by atoms with Gasteiger partial charge in [-0.15, -0.1) is 0 Å². The second-order valence-corrected chi connectivity index (χ2v) is 6.05. The number of aromatic nitrogens is 4. The van der Waals surface area contributed by atoms with Crippen molar-refractivity contribution < 1.29 is 13.9 Å². The molecular formula is C19H17FN4O2. The lowest BCUT2D eigenvalue weighted by Crippen LogP contribution is -2.11. The second-order valence-electron chi connectivity index (χ2n) is 6.05. The number of halogens is 1. The zero-order chi connectivity index (χ0) is 17.9. The van der Waals surface area contributed by atoms with Gasteiger partial charge in [-0.1, -0.05) is 12.5 Å². The van der Waals surface area contributed by atoms with Crippen LogP contribution in [0.25, 0.3) is 11.3 Å². The average Bonchev–Trinajstić information content (AvgIpc) is 2.64. The quantitative estimate of drug-likeness (QED) is 0.687. The van der Waals surface area contributed by atoms with Crippen molar-refractivity contribution in [2.75, 3.05) is 7.11 Å². The molecule has 0 bridgehead atoms. The molecule has 0 spiro atoms. The molecule has 2 aromatic heterocycles. The van der Waals surface area contributed by atoms with Crippen LogP contribution in [0.15, 0.2) is 43.0 Å². The Bertz CT molecular complexity index is 917. The van der Waals surface area contributed by atoms with Crippen LogP contribution in [0.4, 0.5) is 4.39 Å². The lowest BCUT2D eigenvalue weighted by atomic mass is 9.79. The van der Waals surface area contributed by atoms with Gasteiger partial charge in [0, 0.05) is 35.8 Å². The van der Waals surface area contributed by atoms with Gasteiger partial charge < -0.3 is 9.47 Å². The lowest BCUT2D eigenvalue weighted by molar-refractivity contribution is 0.355. The molecule has 0 atom stereocenters. The van der Waals surface area contributed by atoms with Gasteiger partial charge in [0.05, 0.1) is 19.0 Å². The molecule has 0 saturated heterocycles. The normalized spacial score (nSPS) is 13.9. The third-order valence-electron chi connectivity index (χ3n) is 4.52. The standard InChI is InChI=1S/C19H17FN4O2/c1-25-16-7-8-23-19(24-16)26-18-13(12-3-2-4-12)5-6-14(17(18)20)15-11-21-9-10-22-15/h5-12H,2-4H2,1H3. The zero-order valence-corrected chi connectivity index (χ0v) is 14.2. The molecule has 1 aliphatic rings. The summed E-state index contributed by atoms with van der Waals surface area (Å²) in [6.07, 6.45) is 9.26. The van der Waals surface area contributed by atoms with E-state index in [2.05, 4.69) is 19.9 Å². The van der Waals surface area contributed by atoms with Crippen molar-refractivity contribution in [2.45, 2.75) is 25.2 Å². The van der Waals surface area contributed by atoms with Crippen molar-refractivity contribution >= 4 is 0 Å². The van der Waals surface area contributed by atoms with E-state index in [4.69, 9.17) is 9.47 Å².